The number of ether oxygens (including phenoxy) is 1. The lowest BCUT2D eigenvalue weighted by Gasteiger charge is -2.22. The van der Waals surface area contributed by atoms with Gasteiger partial charge in [-0.2, -0.15) is 0 Å². The van der Waals surface area contributed by atoms with Crippen molar-refractivity contribution in [2.75, 3.05) is 13.2 Å². The average molecular weight is 418 g/mol. The Hall–Kier alpha value is -2.90. The topological polar surface area (TPSA) is 113 Å². The molecule has 2 rings (SSSR count). The molecule has 0 radical (unpaired) electrons. The SMILES string of the molecule is CCCCOC(=O)NC(Cc1ccccc1)C(=O)CCC(=O)N1CCC[C@H]1C(=O)O. The highest BCUT2D eigenvalue weighted by Crippen LogP contribution is 2.19. The van der Waals surface area contributed by atoms with Crippen molar-refractivity contribution in [2.24, 2.45) is 0 Å². The molecule has 0 spiro atoms. The number of carboxylic acids is 1. The summed E-state index contributed by atoms with van der Waals surface area (Å²) in [6.45, 7) is 2.65. The third-order valence-electron chi connectivity index (χ3n) is 5.14. The molecule has 0 aromatic heterocycles. The lowest BCUT2D eigenvalue weighted by Crippen LogP contribution is -2.44. The fourth-order valence-corrected chi connectivity index (χ4v) is 3.46. The molecule has 1 unspecified atom stereocenters. The highest BCUT2D eigenvalue weighted by Gasteiger charge is 2.34. The van der Waals surface area contributed by atoms with Gasteiger partial charge in [-0.3, -0.25) is 9.59 Å². The van der Waals surface area contributed by atoms with Gasteiger partial charge in [0, 0.05) is 19.4 Å². The molecule has 1 aromatic carbocycles. The van der Waals surface area contributed by atoms with Gasteiger partial charge >= 0.3 is 12.1 Å². The van der Waals surface area contributed by atoms with E-state index in [9.17, 15) is 24.3 Å². The van der Waals surface area contributed by atoms with E-state index in [1.807, 2.05) is 37.3 Å². The Morgan fingerprint density at radius 2 is 1.93 bits per heavy atom. The molecule has 1 heterocycles. The van der Waals surface area contributed by atoms with Crippen LogP contribution in [0.4, 0.5) is 4.79 Å². The van der Waals surface area contributed by atoms with Crippen LogP contribution in [0.15, 0.2) is 30.3 Å². The number of alkyl carbamates (subject to hydrolysis) is 1. The Bertz CT molecular complexity index is 736. The quantitative estimate of drug-likeness (QED) is 0.534. The molecule has 164 valence electrons. The van der Waals surface area contributed by atoms with E-state index in [4.69, 9.17) is 4.74 Å². The van der Waals surface area contributed by atoms with E-state index in [0.29, 0.717) is 19.4 Å². The van der Waals surface area contributed by atoms with E-state index in [1.165, 1.54) is 4.90 Å². The van der Waals surface area contributed by atoms with Gasteiger partial charge in [0.15, 0.2) is 5.78 Å². The van der Waals surface area contributed by atoms with Crippen LogP contribution >= 0.6 is 0 Å². The molecular formula is C22H30N2O6. The fraction of sp³-hybridized carbons (Fsp3) is 0.545. The van der Waals surface area contributed by atoms with Gasteiger partial charge in [0.25, 0.3) is 0 Å². The number of amides is 2. The second-order valence-corrected chi connectivity index (χ2v) is 7.43. The Kier molecular flexibility index (Phi) is 9.31. The van der Waals surface area contributed by atoms with Crippen LogP contribution in [-0.4, -0.2) is 59.0 Å². The van der Waals surface area contributed by atoms with Gasteiger partial charge in [-0.25, -0.2) is 9.59 Å². The number of carbonyl (C=O) groups excluding carboxylic acids is 3. The lowest BCUT2D eigenvalue weighted by atomic mass is 9.99. The average Bonchev–Trinajstić information content (AvgIpc) is 3.22. The molecule has 1 aliphatic rings. The first-order valence-electron chi connectivity index (χ1n) is 10.4. The molecule has 0 aliphatic carbocycles. The van der Waals surface area contributed by atoms with E-state index in [2.05, 4.69) is 5.32 Å². The van der Waals surface area contributed by atoms with Gasteiger partial charge in [-0.15, -0.1) is 0 Å². The molecule has 1 fully saturated rings. The van der Waals surface area contributed by atoms with Crippen LogP contribution in [-0.2, 0) is 25.5 Å². The number of rotatable bonds is 11. The van der Waals surface area contributed by atoms with Crippen LogP contribution in [0.1, 0.15) is 51.0 Å². The number of likely N-dealkylation sites (tertiary alicyclic amines) is 1. The predicted molar refractivity (Wildman–Crippen MR) is 110 cm³/mol. The maximum atomic E-state index is 12.8. The number of unbranched alkanes of at least 4 members (excludes halogenated alkanes) is 1. The number of carbonyl (C=O) groups is 4. The first-order chi connectivity index (χ1) is 14.4. The molecule has 2 N–H and O–H groups in total. The second-order valence-electron chi connectivity index (χ2n) is 7.43. The Morgan fingerprint density at radius 3 is 2.60 bits per heavy atom. The van der Waals surface area contributed by atoms with Gasteiger partial charge in [0.2, 0.25) is 5.91 Å². The van der Waals surface area contributed by atoms with Crippen molar-refractivity contribution in [3.8, 4) is 0 Å². The summed E-state index contributed by atoms with van der Waals surface area (Å²) in [7, 11) is 0. The summed E-state index contributed by atoms with van der Waals surface area (Å²) in [4.78, 5) is 49.9. The number of nitrogens with one attached hydrogen (secondary N) is 1. The summed E-state index contributed by atoms with van der Waals surface area (Å²) in [5, 5.41) is 11.8. The summed E-state index contributed by atoms with van der Waals surface area (Å²) in [6, 6.07) is 7.63. The monoisotopic (exact) mass is 418 g/mol. The highest BCUT2D eigenvalue weighted by atomic mass is 16.5. The predicted octanol–water partition coefficient (Wildman–Crippen LogP) is 2.55. The van der Waals surface area contributed by atoms with Crippen molar-refractivity contribution in [2.45, 2.75) is 64.0 Å². The Balaban J connectivity index is 1.96. The molecule has 1 aliphatic heterocycles. The molecule has 1 saturated heterocycles. The number of benzene rings is 1. The minimum absolute atomic E-state index is 0.0750. The molecule has 2 atom stereocenters. The van der Waals surface area contributed by atoms with Gasteiger partial charge < -0.3 is 20.1 Å². The van der Waals surface area contributed by atoms with E-state index in [0.717, 1.165) is 18.4 Å². The van der Waals surface area contributed by atoms with Gasteiger partial charge in [-0.05, 0) is 31.2 Å². The minimum Gasteiger partial charge on any atom is -0.480 e. The molecule has 30 heavy (non-hydrogen) atoms. The third-order valence-corrected chi connectivity index (χ3v) is 5.14. The van der Waals surface area contributed by atoms with Crippen molar-refractivity contribution in [3.63, 3.8) is 0 Å². The Labute approximate surface area is 176 Å². The number of nitrogens with zero attached hydrogens (tertiary/aromatic N) is 1. The van der Waals surface area contributed by atoms with Crippen LogP contribution in [0, 0.1) is 0 Å². The maximum absolute atomic E-state index is 12.8. The normalized spacial score (nSPS) is 16.7. The lowest BCUT2D eigenvalue weighted by molar-refractivity contribution is -0.148. The minimum atomic E-state index is -1.02. The fourth-order valence-electron chi connectivity index (χ4n) is 3.46. The van der Waals surface area contributed by atoms with Crippen LogP contribution in [0.3, 0.4) is 0 Å². The molecule has 8 heteroatoms. The Morgan fingerprint density at radius 1 is 1.20 bits per heavy atom. The highest BCUT2D eigenvalue weighted by molar-refractivity contribution is 5.91. The molecule has 0 bridgehead atoms. The van der Waals surface area contributed by atoms with Gasteiger partial charge in [-0.1, -0.05) is 43.7 Å². The molecule has 0 saturated carbocycles. The number of ketones is 1. The molecule has 2 amide bonds. The first kappa shape index (κ1) is 23.4. The van der Waals surface area contributed by atoms with Crippen LogP contribution < -0.4 is 5.32 Å². The number of hydrogen-bond acceptors (Lipinski definition) is 5. The van der Waals surface area contributed by atoms with Crippen LogP contribution in [0.2, 0.25) is 0 Å². The standard InChI is InChI=1S/C22H30N2O6/c1-2-3-14-30-22(29)23-17(15-16-8-5-4-6-9-16)19(25)11-12-20(26)24-13-7-10-18(24)21(27)28/h4-6,8-9,17-18H,2-3,7,10-15H2,1H3,(H,23,29)(H,27,28)/t17?,18-/m0/s1. The van der Waals surface area contributed by atoms with Crippen molar-refractivity contribution >= 4 is 23.8 Å². The summed E-state index contributed by atoms with van der Waals surface area (Å²) in [5.74, 6) is -1.66. The van der Waals surface area contributed by atoms with E-state index >= 15 is 0 Å². The zero-order valence-corrected chi connectivity index (χ0v) is 17.3. The van der Waals surface area contributed by atoms with Crippen molar-refractivity contribution in [3.05, 3.63) is 35.9 Å². The zero-order valence-electron chi connectivity index (χ0n) is 17.3. The van der Waals surface area contributed by atoms with Crippen molar-refractivity contribution in [1.29, 1.82) is 0 Å². The number of hydrogen-bond donors (Lipinski definition) is 2. The first-order valence-corrected chi connectivity index (χ1v) is 10.4. The van der Waals surface area contributed by atoms with Crippen LogP contribution in [0.25, 0.3) is 0 Å². The summed E-state index contributed by atoms with van der Waals surface area (Å²) in [5.41, 5.74) is 0.876. The summed E-state index contributed by atoms with van der Waals surface area (Å²) >= 11 is 0. The molecule has 1 aromatic rings. The smallest absolute Gasteiger partial charge is 0.407 e. The third kappa shape index (κ3) is 7.17. The molecule has 8 nitrogen and oxygen atoms in total. The number of carboxylic acid groups (broad SMARTS) is 1. The summed E-state index contributed by atoms with van der Waals surface area (Å²) in [6.07, 6.45) is 2.16. The van der Waals surface area contributed by atoms with Crippen molar-refractivity contribution in [1.82, 2.24) is 10.2 Å². The van der Waals surface area contributed by atoms with E-state index < -0.39 is 24.1 Å². The number of Topliss-reactive ketones (excluding diaryl/α,β-unsaturated/α-hetero) is 1. The van der Waals surface area contributed by atoms with Gasteiger partial charge in [0.05, 0.1) is 12.6 Å². The van der Waals surface area contributed by atoms with Gasteiger partial charge in [0.1, 0.15) is 6.04 Å². The zero-order chi connectivity index (χ0) is 21.9. The maximum Gasteiger partial charge on any atom is 0.407 e. The van der Waals surface area contributed by atoms with Crippen LogP contribution in [0.5, 0.6) is 0 Å². The molecular weight excluding hydrogens is 388 g/mol. The number of aliphatic carboxylic acids is 1. The van der Waals surface area contributed by atoms with Crippen molar-refractivity contribution < 1.29 is 29.0 Å². The van der Waals surface area contributed by atoms with E-state index in [1.54, 1.807) is 0 Å². The van der Waals surface area contributed by atoms with E-state index in [-0.39, 0.29) is 37.6 Å². The summed E-state index contributed by atoms with van der Waals surface area (Å²) < 4.78 is 5.11. The largest absolute Gasteiger partial charge is 0.480 e. The second kappa shape index (κ2) is 11.9.